The van der Waals surface area contributed by atoms with Gasteiger partial charge in [-0.3, -0.25) is 9.59 Å². The van der Waals surface area contributed by atoms with Crippen LogP contribution in [0.5, 0.6) is 0 Å². The number of aromatic nitrogens is 1. The molecule has 2 aromatic carbocycles. The second-order valence-electron chi connectivity index (χ2n) is 8.45. The van der Waals surface area contributed by atoms with Gasteiger partial charge in [-0.1, -0.05) is 30.3 Å². The highest BCUT2D eigenvalue weighted by Gasteiger charge is 2.34. The molecule has 1 saturated carbocycles. The number of nitrogens with zero attached hydrogens (tertiary/aromatic N) is 3. The van der Waals surface area contributed by atoms with Gasteiger partial charge >= 0.3 is 0 Å². The fourth-order valence-corrected chi connectivity index (χ4v) is 3.86. The van der Waals surface area contributed by atoms with Crippen LogP contribution in [0.3, 0.4) is 0 Å². The number of fused-ring (bicyclic) bond motifs is 1. The number of rotatable bonds is 7. The molecule has 1 aliphatic carbocycles. The Bertz CT molecular complexity index is 1060. The number of hydrogen-bond donors (Lipinski definition) is 0. The van der Waals surface area contributed by atoms with Crippen LogP contribution in [-0.4, -0.2) is 44.8 Å². The summed E-state index contributed by atoms with van der Waals surface area (Å²) in [6, 6.07) is 18.0. The van der Waals surface area contributed by atoms with E-state index in [4.69, 9.17) is 0 Å². The van der Waals surface area contributed by atoms with Crippen LogP contribution in [0.25, 0.3) is 10.8 Å². The molecule has 1 fully saturated rings. The predicted molar refractivity (Wildman–Crippen MR) is 119 cm³/mol. The number of benzene rings is 2. The van der Waals surface area contributed by atoms with E-state index in [-0.39, 0.29) is 30.4 Å². The van der Waals surface area contributed by atoms with E-state index in [1.165, 1.54) is 0 Å². The Hall–Kier alpha value is -3.08. The Morgan fingerprint density at radius 3 is 2.40 bits per heavy atom. The second kappa shape index (κ2) is 8.34. The summed E-state index contributed by atoms with van der Waals surface area (Å²) in [4.78, 5) is 30.2. The summed E-state index contributed by atoms with van der Waals surface area (Å²) in [6.45, 7) is 4.61. The number of amides is 2. The fraction of sp³-hybridized carbons (Fsp3) is 0.360. The molecule has 0 radical (unpaired) electrons. The third kappa shape index (κ3) is 4.25. The first-order valence-corrected chi connectivity index (χ1v) is 10.6. The molecular formula is C25H29N3O2. The number of carbonyl (C=O) groups excluding carboxylic acids is 2. The lowest BCUT2D eigenvalue weighted by molar-refractivity contribution is -0.133. The largest absolute Gasteiger partial charge is 0.353 e. The van der Waals surface area contributed by atoms with Gasteiger partial charge in [0.15, 0.2) is 0 Å². The summed E-state index contributed by atoms with van der Waals surface area (Å²) in [5.41, 5.74) is 1.72. The van der Waals surface area contributed by atoms with Crippen LogP contribution < -0.4 is 0 Å². The standard InChI is InChI=1S/C25H29N3O2/c1-18(2)27(25(30)21-11-10-19-7-4-5-8-20(19)15-21)17-24(29)28(22-12-13-22)16-23-9-6-14-26(23)3/h4-11,14-15,18,22H,12-13,16-17H2,1-3H3. The van der Waals surface area contributed by atoms with Gasteiger partial charge in [-0.15, -0.1) is 0 Å². The first-order valence-electron chi connectivity index (χ1n) is 10.6. The normalized spacial score (nSPS) is 13.6. The average Bonchev–Trinajstić information content (AvgIpc) is 3.50. The minimum Gasteiger partial charge on any atom is -0.353 e. The molecule has 4 rings (SSSR count). The van der Waals surface area contributed by atoms with E-state index < -0.39 is 0 Å². The zero-order chi connectivity index (χ0) is 21.3. The molecule has 0 saturated heterocycles. The summed E-state index contributed by atoms with van der Waals surface area (Å²) < 4.78 is 2.04. The Balaban J connectivity index is 1.53. The molecule has 5 heteroatoms. The van der Waals surface area contributed by atoms with Crippen LogP contribution in [0.15, 0.2) is 60.8 Å². The average molecular weight is 404 g/mol. The molecule has 0 unspecified atom stereocenters. The summed E-state index contributed by atoms with van der Waals surface area (Å²) in [7, 11) is 1.99. The number of aryl methyl sites for hydroxylation is 1. The summed E-state index contributed by atoms with van der Waals surface area (Å²) in [6.07, 6.45) is 4.07. The summed E-state index contributed by atoms with van der Waals surface area (Å²) >= 11 is 0. The van der Waals surface area contributed by atoms with Gasteiger partial charge in [-0.25, -0.2) is 0 Å². The van der Waals surface area contributed by atoms with Crippen molar-refractivity contribution in [2.75, 3.05) is 6.54 Å². The summed E-state index contributed by atoms with van der Waals surface area (Å²) in [5, 5.41) is 2.13. The molecular weight excluding hydrogens is 374 g/mol. The van der Waals surface area contributed by atoms with Gasteiger partial charge in [0.05, 0.1) is 6.54 Å². The van der Waals surface area contributed by atoms with E-state index in [1.54, 1.807) is 4.90 Å². The lowest BCUT2D eigenvalue weighted by Crippen LogP contribution is -2.46. The minimum absolute atomic E-state index is 0.0153. The third-order valence-electron chi connectivity index (χ3n) is 5.88. The monoisotopic (exact) mass is 403 g/mol. The highest BCUT2D eigenvalue weighted by Crippen LogP contribution is 2.29. The first kappa shape index (κ1) is 20.2. The fourth-order valence-electron chi connectivity index (χ4n) is 3.86. The molecule has 1 aromatic heterocycles. The van der Waals surface area contributed by atoms with Crippen molar-refractivity contribution in [2.24, 2.45) is 7.05 Å². The highest BCUT2D eigenvalue weighted by molar-refractivity contribution is 6.00. The number of hydrogen-bond acceptors (Lipinski definition) is 2. The van der Waals surface area contributed by atoms with E-state index in [1.807, 2.05) is 91.2 Å². The molecule has 0 spiro atoms. The van der Waals surface area contributed by atoms with E-state index in [0.29, 0.717) is 12.1 Å². The molecule has 2 amide bonds. The zero-order valence-electron chi connectivity index (χ0n) is 17.9. The zero-order valence-corrected chi connectivity index (χ0v) is 17.9. The molecule has 3 aromatic rings. The van der Waals surface area contributed by atoms with Gasteiger partial charge in [-0.05, 0) is 61.7 Å². The van der Waals surface area contributed by atoms with E-state index in [2.05, 4.69) is 0 Å². The van der Waals surface area contributed by atoms with Crippen molar-refractivity contribution < 1.29 is 9.59 Å². The van der Waals surface area contributed by atoms with Gasteiger partial charge < -0.3 is 14.4 Å². The van der Waals surface area contributed by atoms with Crippen molar-refractivity contribution in [3.8, 4) is 0 Å². The third-order valence-corrected chi connectivity index (χ3v) is 5.88. The lowest BCUT2D eigenvalue weighted by Gasteiger charge is -2.30. The van der Waals surface area contributed by atoms with Gasteiger partial charge in [0.2, 0.25) is 5.91 Å². The molecule has 0 atom stereocenters. The van der Waals surface area contributed by atoms with Crippen molar-refractivity contribution in [2.45, 2.75) is 45.3 Å². The SMILES string of the molecule is CC(C)N(CC(=O)N(Cc1cccn1C)C1CC1)C(=O)c1ccc2ccccc2c1. The molecule has 1 aliphatic rings. The van der Waals surface area contributed by atoms with Gasteiger partial charge in [0.25, 0.3) is 5.91 Å². The lowest BCUT2D eigenvalue weighted by atomic mass is 10.1. The van der Waals surface area contributed by atoms with Crippen LogP contribution >= 0.6 is 0 Å². The maximum absolute atomic E-state index is 13.3. The van der Waals surface area contributed by atoms with Gasteiger partial charge in [0.1, 0.15) is 6.54 Å². The van der Waals surface area contributed by atoms with Crippen molar-refractivity contribution in [3.05, 3.63) is 72.1 Å². The first-order chi connectivity index (χ1) is 14.4. The van der Waals surface area contributed by atoms with Crippen molar-refractivity contribution in [1.82, 2.24) is 14.4 Å². The Morgan fingerprint density at radius 1 is 1.03 bits per heavy atom. The highest BCUT2D eigenvalue weighted by atomic mass is 16.2. The second-order valence-corrected chi connectivity index (χ2v) is 8.45. The maximum atomic E-state index is 13.3. The van der Waals surface area contributed by atoms with E-state index in [0.717, 1.165) is 29.3 Å². The molecule has 5 nitrogen and oxygen atoms in total. The van der Waals surface area contributed by atoms with Crippen LogP contribution in [0.1, 0.15) is 42.7 Å². The Kier molecular flexibility index (Phi) is 5.62. The predicted octanol–water partition coefficient (Wildman–Crippen LogP) is 4.22. The van der Waals surface area contributed by atoms with E-state index in [9.17, 15) is 9.59 Å². The molecule has 156 valence electrons. The molecule has 0 N–H and O–H groups in total. The van der Waals surface area contributed by atoms with Crippen LogP contribution in [0.4, 0.5) is 0 Å². The Morgan fingerprint density at radius 2 is 1.77 bits per heavy atom. The minimum atomic E-state index is -0.0984. The topological polar surface area (TPSA) is 45.6 Å². The van der Waals surface area contributed by atoms with Crippen LogP contribution in [0, 0.1) is 0 Å². The quantitative estimate of drug-likeness (QED) is 0.593. The number of carbonyl (C=O) groups is 2. The van der Waals surface area contributed by atoms with E-state index >= 15 is 0 Å². The van der Waals surface area contributed by atoms with Crippen molar-refractivity contribution >= 4 is 22.6 Å². The molecule has 30 heavy (non-hydrogen) atoms. The van der Waals surface area contributed by atoms with Gasteiger partial charge in [-0.2, -0.15) is 0 Å². The molecule has 0 aliphatic heterocycles. The maximum Gasteiger partial charge on any atom is 0.254 e. The Labute approximate surface area is 177 Å². The van der Waals surface area contributed by atoms with Crippen LogP contribution in [0.2, 0.25) is 0 Å². The summed E-state index contributed by atoms with van der Waals surface area (Å²) in [5.74, 6) is -0.0831. The molecule has 1 heterocycles. The smallest absolute Gasteiger partial charge is 0.254 e. The van der Waals surface area contributed by atoms with Crippen LogP contribution in [-0.2, 0) is 18.4 Å². The molecule has 0 bridgehead atoms. The van der Waals surface area contributed by atoms with Crippen molar-refractivity contribution in [3.63, 3.8) is 0 Å². The van der Waals surface area contributed by atoms with Gasteiger partial charge in [0, 0.05) is 36.6 Å². The van der Waals surface area contributed by atoms with Crippen molar-refractivity contribution in [1.29, 1.82) is 0 Å².